The van der Waals surface area contributed by atoms with Crippen LogP contribution in [0.25, 0.3) is 0 Å². The molecule has 1 unspecified atom stereocenters. The lowest BCUT2D eigenvalue weighted by atomic mass is 10.2. The molecule has 86 valence electrons. The van der Waals surface area contributed by atoms with Crippen molar-refractivity contribution in [3.05, 3.63) is 0 Å². The first-order valence-electron chi connectivity index (χ1n) is 5.81. The highest BCUT2D eigenvalue weighted by Crippen LogP contribution is 2.06. The van der Waals surface area contributed by atoms with Gasteiger partial charge in [-0.05, 0) is 26.7 Å². The number of carbonyl (C=O) groups excluding carboxylic acids is 1. The van der Waals surface area contributed by atoms with Gasteiger partial charge in [-0.3, -0.25) is 9.79 Å². The molecule has 1 amide bonds. The number of hydrogen-bond acceptors (Lipinski definition) is 3. The second-order valence-corrected chi connectivity index (χ2v) is 3.90. The van der Waals surface area contributed by atoms with E-state index in [1.807, 2.05) is 13.8 Å². The fourth-order valence-corrected chi connectivity index (χ4v) is 1.63. The molecule has 0 saturated carbocycles. The number of likely N-dealkylation sites (N-methyl/N-ethyl adjacent to an activating group) is 1. The number of carbonyl (C=O) groups is 1. The summed E-state index contributed by atoms with van der Waals surface area (Å²) in [4.78, 5) is 15.9. The van der Waals surface area contributed by atoms with E-state index >= 15 is 0 Å². The number of amidine groups is 1. The van der Waals surface area contributed by atoms with Gasteiger partial charge >= 0.3 is 0 Å². The molecule has 1 aliphatic heterocycles. The molecule has 4 heteroatoms. The highest BCUT2D eigenvalue weighted by atomic mass is 16.2. The van der Waals surface area contributed by atoms with Crippen molar-refractivity contribution in [2.45, 2.75) is 45.6 Å². The van der Waals surface area contributed by atoms with Crippen LogP contribution in [-0.2, 0) is 4.79 Å². The van der Waals surface area contributed by atoms with Gasteiger partial charge in [0.15, 0.2) is 0 Å². The van der Waals surface area contributed by atoms with E-state index in [0.717, 1.165) is 18.8 Å². The van der Waals surface area contributed by atoms with Gasteiger partial charge in [0, 0.05) is 19.5 Å². The highest BCUT2D eigenvalue weighted by molar-refractivity contribution is 5.89. The molecular weight excluding hydrogens is 190 g/mol. The molecule has 0 radical (unpaired) electrons. The van der Waals surface area contributed by atoms with Crippen LogP contribution in [0.3, 0.4) is 0 Å². The smallest absolute Gasteiger partial charge is 0.242 e. The van der Waals surface area contributed by atoms with Crippen LogP contribution in [-0.4, -0.2) is 30.9 Å². The van der Waals surface area contributed by atoms with Crippen molar-refractivity contribution in [2.75, 3.05) is 13.1 Å². The Balaban J connectivity index is 2.38. The average molecular weight is 211 g/mol. The summed E-state index contributed by atoms with van der Waals surface area (Å²) in [7, 11) is 0. The van der Waals surface area contributed by atoms with Crippen LogP contribution in [0.5, 0.6) is 0 Å². The number of amides is 1. The predicted octanol–water partition coefficient (Wildman–Crippen LogP) is 1.07. The predicted molar refractivity (Wildman–Crippen MR) is 62.1 cm³/mol. The van der Waals surface area contributed by atoms with E-state index in [1.165, 1.54) is 19.3 Å². The van der Waals surface area contributed by atoms with E-state index < -0.39 is 0 Å². The summed E-state index contributed by atoms with van der Waals surface area (Å²) in [6.45, 7) is 5.37. The van der Waals surface area contributed by atoms with Crippen molar-refractivity contribution in [1.82, 2.24) is 10.6 Å². The summed E-state index contributed by atoms with van der Waals surface area (Å²) in [5.41, 5.74) is 0. The number of aliphatic imine (C=N–C) groups is 1. The summed E-state index contributed by atoms with van der Waals surface area (Å²) < 4.78 is 0. The molecule has 0 saturated heterocycles. The van der Waals surface area contributed by atoms with Crippen molar-refractivity contribution < 1.29 is 4.79 Å². The van der Waals surface area contributed by atoms with Crippen LogP contribution in [0.15, 0.2) is 4.99 Å². The lowest BCUT2D eigenvalue weighted by Gasteiger charge is -2.15. The van der Waals surface area contributed by atoms with Crippen LogP contribution in [0.2, 0.25) is 0 Å². The molecule has 4 nitrogen and oxygen atoms in total. The Morgan fingerprint density at radius 2 is 2.27 bits per heavy atom. The standard InChI is InChI=1S/C11H21N3O/c1-3-12-11(15)9(2)14-10-7-5-4-6-8-13-10/h9H,3-8H2,1-2H3,(H,12,15)(H,13,14). The fraction of sp³-hybridized carbons (Fsp3) is 0.818. The Labute approximate surface area is 91.5 Å². The Morgan fingerprint density at radius 1 is 1.47 bits per heavy atom. The quantitative estimate of drug-likeness (QED) is 0.733. The molecule has 0 bridgehead atoms. The van der Waals surface area contributed by atoms with Gasteiger partial charge in [0.1, 0.15) is 6.04 Å². The minimum Gasteiger partial charge on any atom is -0.362 e. The second-order valence-electron chi connectivity index (χ2n) is 3.90. The fourth-order valence-electron chi connectivity index (χ4n) is 1.63. The third kappa shape index (κ3) is 4.32. The Kier molecular flexibility index (Phi) is 5.15. The summed E-state index contributed by atoms with van der Waals surface area (Å²) >= 11 is 0. The number of nitrogens with zero attached hydrogens (tertiary/aromatic N) is 1. The van der Waals surface area contributed by atoms with Gasteiger partial charge in [0.05, 0.1) is 5.84 Å². The Morgan fingerprint density at radius 3 is 3.00 bits per heavy atom. The molecule has 1 rings (SSSR count). The van der Waals surface area contributed by atoms with Crippen molar-refractivity contribution in [1.29, 1.82) is 0 Å². The largest absolute Gasteiger partial charge is 0.362 e. The van der Waals surface area contributed by atoms with E-state index in [0.29, 0.717) is 6.54 Å². The molecule has 15 heavy (non-hydrogen) atoms. The van der Waals surface area contributed by atoms with Gasteiger partial charge in [-0.2, -0.15) is 0 Å². The lowest BCUT2D eigenvalue weighted by molar-refractivity contribution is -0.122. The third-order valence-corrected chi connectivity index (χ3v) is 2.50. The first-order valence-corrected chi connectivity index (χ1v) is 5.81. The van der Waals surface area contributed by atoms with Crippen LogP contribution in [0.1, 0.15) is 39.5 Å². The van der Waals surface area contributed by atoms with Gasteiger partial charge in [0.25, 0.3) is 0 Å². The van der Waals surface area contributed by atoms with Crippen molar-refractivity contribution >= 4 is 11.7 Å². The van der Waals surface area contributed by atoms with Gasteiger partial charge < -0.3 is 10.6 Å². The zero-order valence-corrected chi connectivity index (χ0v) is 9.68. The molecule has 1 aliphatic rings. The van der Waals surface area contributed by atoms with E-state index in [-0.39, 0.29) is 11.9 Å². The van der Waals surface area contributed by atoms with Crippen LogP contribution >= 0.6 is 0 Å². The Hall–Kier alpha value is -1.06. The highest BCUT2D eigenvalue weighted by Gasteiger charge is 2.13. The van der Waals surface area contributed by atoms with Gasteiger partial charge in [-0.15, -0.1) is 0 Å². The first kappa shape index (κ1) is 12.0. The lowest BCUT2D eigenvalue weighted by Crippen LogP contribution is -2.44. The molecule has 2 N–H and O–H groups in total. The van der Waals surface area contributed by atoms with E-state index in [4.69, 9.17) is 0 Å². The Bertz CT molecular complexity index is 238. The van der Waals surface area contributed by atoms with Crippen LogP contribution in [0.4, 0.5) is 0 Å². The molecule has 0 spiro atoms. The maximum Gasteiger partial charge on any atom is 0.242 e. The minimum absolute atomic E-state index is 0.0458. The second kappa shape index (κ2) is 6.43. The number of nitrogens with one attached hydrogen (secondary N) is 2. The normalized spacial score (nSPS) is 18.7. The van der Waals surface area contributed by atoms with Crippen molar-refractivity contribution in [3.8, 4) is 0 Å². The van der Waals surface area contributed by atoms with Gasteiger partial charge in [0.2, 0.25) is 5.91 Å². The average Bonchev–Trinajstić information content (AvgIpc) is 2.46. The minimum atomic E-state index is -0.179. The molecule has 1 heterocycles. The maximum atomic E-state index is 11.5. The maximum absolute atomic E-state index is 11.5. The summed E-state index contributed by atoms with van der Waals surface area (Å²) in [6, 6.07) is -0.179. The SMILES string of the molecule is CCNC(=O)C(C)NC1=NCCCCC1. The van der Waals surface area contributed by atoms with E-state index in [9.17, 15) is 4.79 Å². The number of hydrogen-bond donors (Lipinski definition) is 2. The summed E-state index contributed by atoms with van der Waals surface area (Å²) in [5.74, 6) is 1.04. The molecule has 1 atom stereocenters. The molecule has 0 fully saturated rings. The number of rotatable bonds is 3. The zero-order chi connectivity index (χ0) is 11.1. The molecule has 0 aromatic carbocycles. The first-order chi connectivity index (χ1) is 7.24. The summed E-state index contributed by atoms with van der Waals surface area (Å²) in [5, 5.41) is 5.98. The van der Waals surface area contributed by atoms with E-state index in [1.54, 1.807) is 0 Å². The molecule has 0 aromatic heterocycles. The molecule has 0 aromatic rings. The molecule has 0 aliphatic carbocycles. The zero-order valence-electron chi connectivity index (χ0n) is 9.68. The third-order valence-electron chi connectivity index (χ3n) is 2.50. The van der Waals surface area contributed by atoms with Crippen molar-refractivity contribution in [2.24, 2.45) is 4.99 Å². The molecular formula is C11H21N3O. The van der Waals surface area contributed by atoms with Crippen molar-refractivity contribution in [3.63, 3.8) is 0 Å². The van der Waals surface area contributed by atoms with E-state index in [2.05, 4.69) is 15.6 Å². The topological polar surface area (TPSA) is 53.5 Å². The van der Waals surface area contributed by atoms with Gasteiger partial charge in [-0.25, -0.2) is 0 Å². The van der Waals surface area contributed by atoms with Crippen LogP contribution in [0, 0.1) is 0 Å². The van der Waals surface area contributed by atoms with Gasteiger partial charge in [-0.1, -0.05) is 6.42 Å². The summed E-state index contributed by atoms with van der Waals surface area (Å²) in [6.07, 6.45) is 4.56. The monoisotopic (exact) mass is 211 g/mol. The van der Waals surface area contributed by atoms with Crippen LogP contribution < -0.4 is 10.6 Å².